The topological polar surface area (TPSA) is 184 Å². The SMILES string of the molecule is O=C=NCc1ccc(NC(=O)OCCCNC(=S)NC2CCCC(NC(=S)NCCCOC(=O)Nc3ccc(CN=C=O)cc3)C2)cc1. The number of aliphatic imine (C=N–C) groups is 2. The van der Waals surface area contributed by atoms with E-state index in [0.717, 1.165) is 36.8 Å². The first-order valence-electron chi connectivity index (χ1n) is 15.6. The third-order valence-electron chi connectivity index (χ3n) is 7.08. The van der Waals surface area contributed by atoms with Crippen LogP contribution in [0.15, 0.2) is 58.5 Å². The van der Waals surface area contributed by atoms with Gasteiger partial charge in [-0.3, -0.25) is 10.6 Å². The van der Waals surface area contributed by atoms with Gasteiger partial charge in [0.2, 0.25) is 12.2 Å². The molecule has 2 atom stereocenters. The van der Waals surface area contributed by atoms with Gasteiger partial charge < -0.3 is 30.7 Å². The summed E-state index contributed by atoms with van der Waals surface area (Å²) in [6, 6.07) is 14.3. The van der Waals surface area contributed by atoms with Crippen LogP contribution < -0.4 is 31.9 Å². The van der Waals surface area contributed by atoms with Crippen molar-refractivity contribution in [2.24, 2.45) is 9.98 Å². The van der Waals surface area contributed by atoms with Gasteiger partial charge in [-0.25, -0.2) is 29.2 Å². The van der Waals surface area contributed by atoms with Gasteiger partial charge in [-0.05, 0) is 98.4 Å². The van der Waals surface area contributed by atoms with Crippen LogP contribution >= 0.6 is 24.4 Å². The standard InChI is InChI=1S/C32H40N8O6S2/c41-21-33-19-23-6-10-25(11-7-23)39-31(43)45-16-2-14-35-29(47)37-27-4-1-5-28(18-27)38-30(48)36-15-3-17-46-32(44)40-26-12-8-24(9-13-26)20-34-22-42/h6-13,27-28H,1-5,14-20H2,(H,39,43)(H,40,44)(H2,35,37,47)(H2,36,38,48). The summed E-state index contributed by atoms with van der Waals surface area (Å²) < 4.78 is 10.4. The molecule has 16 heteroatoms. The molecule has 2 unspecified atom stereocenters. The minimum atomic E-state index is -0.553. The number of amides is 2. The zero-order chi connectivity index (χ0) is 34.4. The van der Waals surface area contributed by atoms with Crippen LogP contribution in [0.3, 0.4) is 0 Å². The van der Waals surface area contributed by atoms with E-state index in [-0.39, 0.29) is 38.4 Å². The van der Waals surface area contributed by atoms with E-state index in [1.165, 1.54) is 12.2 Å². The first-order valence-corrected chi connectivity index (χ1v) is 16.4. The summed E-state index contributed by atoms with van der Waals surface area (Å²) in [5.41, 5.74) is 2.82. The zero-order valence-corrected chi connectivity index (χ0v) is 28.1. The maximum absolute atomic E-state index is 12.0. The van der Waals surface area contributed by atoms with Crippen LogP contribution in [0.25, 0.3) is 0 Å². The van der Waals surface area contributed by atoms with Crippen LogP contribution in [0, 0.1) is 0 Å². The molecule has 3 rings (SSSR count). The monoisotopic (exact) mass is 696 g/mol. The Labute approximate surface area is 289 Å². The average molecular weight is 697 g/mol. The molecule has 1 saturated carbocycles. The maximum Gasteiger partial charge on any atom is 0.411 e. The average Bonchev–Trinajstić information content (AvgIpc) is 3.07. The number of thiocarbonyl (C=S) groups is 2. The summed E-state index contributed by atoms with van der Waals surface area (Å²) >= 11 is 10.9. The Morgan fingerprint density at radius 3 is 1.52 bits per heavy atom. The molecule has 6 N–H and O–H groups in total. The number of nitrogens with one attached hydrogen (secondary N) is 6. The van der Waals surface area contributed by atoms with Gasteiger partial charge in [0.1, 0.15) is 0 Å². The first kappa shape index (κ1) is 37.6. The molecule has 0 spiro atoms. The fourth-order valence-corrected chi connectivity index (χ4v) is 5.28. The molecule has 1 aliphatic rings. The van der Waals surface area contributed by atoms with Gasteiger partial charge in [0.25, 0.3) is 0 Å². The van der Waals surface area contributed by atoms with E-state index >= 15 is 0 Å². The van der Waals surface area contributed by atoms with Crippen molar-refractivity contribution in [2.75, 3.05) is 36.9 Å². The van der Waals surface area contributed by atoms with Crippen molar-refractivity contribution < 1.29 is 28.7 Å². The minimum absolute atomic E-state index is 0.200. The Balaban J connectivity index is 1.20. The Kier molecular flexibility index (Phi) is 17.1. The number of isocyanates is 2. The van der Waals surface area contributed by atoms with Crippen molar-refractivity contribution in [2.45, 2.75) is 63.7 Å². The van der Waals surface area contributed by atoms with E-state index in [4.69, 9.17) is 33.9 Å². The van der Waals surface area contributed by atoms with Gasteiger partial charge in [-0.2, -0.15) is 0 Å². The zero-order valence-electron chi connectivity index (χ0n) is 26.4. The van der Waals surface area contributed by atoms with Crippen LogP contribution in [0.4, 0.5) is 21.0 Å². The lowest BCUT2D eigenvalue weighted by Crippen LogP contribution is -2.50. The van der Waals surface area contributed by atoms with Gasteiger partial charge >= 0.3 is 12.2 Å². The lowest BCUT2D eigenvalue weighted by atomic mass is 9.91. The number of anilines is 2. The van der Waals surface area contributed by atoms with Crippen LogP contribution in [0.1, 0.15) is 49.7 Å². The van der Waals surface area contributed by atoms with Gasteiger partial charge in [-0.15, -0.1) is 0 Å². The van der Waals surface area contributed by atoms with Crippen LogP contribution in [0.2, 0.25) is 0 Å². The molecular weight excluding hydrogens is 657 g/mol. The quantitative estimate of drug-likeness (QED) is 0.0638. The number of ether oxygens (including phenoxy) is 2. The Morgan fingerprint density at radius 1 is 0.708 bits per heavy atom. The Hall–Kier alpha value is -4.88. The molecule has 48 heavy (non-hydrogen) atoms. The molecule has 256 valence electrons. The second-order valence-electron chi connectivity index (χ2n) is 10.8. The summed E-state index contributed by atoms with van der Waals surface area (Å²) in [5, 5.41) is 19.5. The molecule has 1 aliphatic carbocycles. The molecule has 0 aromatic heterocycles. The van der Waals surface area contributed by atoms with Crippen molar-refractivity contribution in [3.63, 3.8) is 0 Å². The van der Waals surface area contributed by atoms with Gasteiger partial charge in [0, 0.05) is 36.5 Å². The molecule has 2 amide bonds. The molecule has 14 nitrogen and oxygen atoms in total. The number of carbonyl (C=O) groups is 2. The molecule has 0 radical (unpaired) electrons. The number of hydrogen-bond donors (Lipinski definition) is 6. The lowest BCUT2D eigenvalue weighted by Gasteiger charge is -2.32. The van der Waals surface area contributed by atoms with E-state index < -0.39 is 12.2 Å². The van der Waals surface area contributed by atoms with Crippen molar-refractivity contribution in [3.8, 4) is 0 Å². The summed E-state index contributed by atoms with van der Waals surface area (Å²) in [4.78, 5) is 51.5. The maximum atomic E-state index is 12.0. The third-order valence-corrected chi connectivity index (χ3v) is 7.60. The van der Waals surface area contributed by atoms with Gasteiger partial charge in [0.05, 0.1) is 26.3 Å². The predicted octanol–water partition coefficient (Wildman–Crippen LogP) is 4.18. The van der Waals surface area contributed by atoms with E-state index in [1.54, 1.807) is 48.5 Å². The number of rotatable bonds is 16. The first-order chi connectivity index (χ1) is 23.3. The largest absolute Gasteiger partial charge is 0.449 e. The van der Waals surface area contributed by atoms with E-state index in [1.807, 2.05) is 0 Å². The molecule has 0 aliphatic heterocycles. The fraction of sp³-hybridized carbons (Fsp3) is 0.438. The lowest BCUT2D eigenvalue weighted by molar-refractivity contribution is 0.159. The van der Waals surface area contributed by atoms with E-state index in [0.29, 0.717) is 47.5 Å². The fourth-order valence-electron chi connectivity index (χ4n) is 4.74. The Bertz CT molecular complexity index is 1340. The van der Waals surface area contributed by atoms with E-state index in [2.05, 4.69) is 41.9 Å². The van der Waals surface area contributed by atoms with Crippen molar-refractivity contribution in [1.82, 2.24) is 21.3 Å². The number of carbonyl (C=O) groups excluding carboxylic acids is 4. The summed E-state index contributed by atoms with van der Waals surface area (Å²) in [5.74, 6) is 0. The molecule has 0 saturated heterocycles. The minimum Gasteiger partial charge on any atom is -0.449 e. The van der Waals surface area contributed by atoms with Gasteiger partial charge in [-0.1, -0.05) is 24.3 Å². The smallest absolute Gasteiger partial charge is 0.411 e. The summed E-state index contributed by atoms with van der Waals surface area (Å²) in [6.07, 6.45) is 6.90. The highest BCUT2D eigenvalue weighted by Gasteiger charge is 2.23. The normalized spacial score (nSPS) is 14.9. The highest BCUT2D eigenvalue weighted by molar-refractivity contribution is 7.80. The van der Waals surface area contributed by atoms with Gasteiger partial charge in [0.15, 0.2) is 10.2 Å². The van der Waals surface area contributed by atoms with Crippen LogP contribution in [0.5, 0.6) is 0 Å². The molecular formula is C32H40N8O6S2. The molecule has 0 bridgehead atoms. The number of benzene rings is 2. The second kappa shape index (κ2) is 21.8. The van der Waals surface area contributed by atoms with Crippen molar-refractivity contribution in [1.29, 1.82) is 0 Å². The second-order valence-corrected chi connectivity index (χ2v) is 11.6. The summed E-state index contributed by atoms with van der Waals surface area (Å²) in [6.45, 7) is 2.03. The highest BCUT2D eigenvalue weighted by Crippen LogP contribution is 2.19. The highest BCUT2D eigenvalue weighted by atomic mass is 32.1. The molecule has 0 heterocycles. The summed E-state index contributed by atoms with van der Waals surface area (Å²) in [7, 11) is 0. The number of nitrogens with zero attached hydrogens (tertiary/aromatic N) is 2. The van der Waals surface area contributed by atoms with Crippen LogP contribution in [-0.2, 0) is 32.2 Å². The van der Waals surface area contributed by atoms with Crippen LogP contribution in [-0.4, -0.2) is 73.0 Å². The molecule has 2 aromatic rings. The van der Waals surface area contributed by atoms with E-state index in [9.17, 15) is 19.2 Å². The molecule has 1 fully saturated rings. The molecule has 2 aromatic carbocycles. The van der Waals surface area contributed by atoms with Crippen molar-refractivity contribution >= 4 is 70.4 Å². The predicted molar refractivity (Wildman–Crippen MR) is 189 cm³/mol. The van der Waals surface area contributed by atoms with Crippen molar-refractivity contribution in [3.05, 3.63) is 59.7 Å². The third kappa shape index (κ3) is 15.6. The number of hydrogen-bond acceptors (Lipinski definition) is 10. The Morgan fingerprint density at radius 2 is 1.12 bits per heavy atom.